The molecule has 1 aromatic carbocycles. The predicted octanol–water partition coefficient (Wildman–Crippen LogP) is 2.24. The second kappa shape index (κ2) is 6.31. The zero-order chi connectivity index (χ0) is 14.6. The number of amides is 1. The molecule has 1 aromatic rings. The molecule has 1 aliphatic rings. The summed E-state index contributed by atoms with van der Waals surface area (Å²) in [5, 5.41) is 11.6. The van der Waals surface area contributed by atoms with Crippen LogP contribution in [0.5, 0.6) is 0 Å². The third-order valence-corrected chi connectivity index (χ3v) is 3.98. The number of alkyl halides is 2. The Morgan fingerprint density at radius 3 is 2.40 bits per heavy atom. The quantitative estimate of drug-likeness (QED) is 0.870. The Kier molecular flexibility index (Phi) is 4.70. The lowest BCUT2D eigenvalue weighted by atomic mass is 9.78. The van der Waals surface area contributed by atoms with Gasteiger partial charge in [-0.1, -0.05) is 43.2 Å². The fourth-order valence-corrected chi connectivity index (χ4v) is 2.84. The van der Waals surface area contributed by atoms with E-state index in [1.165, 1.54) is 0 Å². The minimum Gasteiger partial charge on any atom is -0.385 e. The lowest BCUT2D eigenvalue weighted by Crippen LogP contribution is -2.46. The van der Waals surface area contributed by atoms with Gasteiger partial charge in [0.2, 0.25) is 5.91 Å². The van der Waals surface area contributed by atoms with Crippen LogP contribution in [0.4, 0.5) is 8.78 Å². The highest BCUT2D eigenvalue weighted by molar-refractivity contribution is 5.88. The maximum atomic E-state index is 12.4. The molecule has 1 saturated carbocycles. The van der Waals surface area contributed by atoms with Gasteiger partial charge in [0, 0.05) is 6.54 Å². The molecule has 0 radical (unpaired) electrons. The first-order valence-corrected chi connectivity index (χ1v) is 6.86. The first-order valence-electron chi connectivity index (χ1n) is 6.86. The van der Waals surface area contributed by atoms with Gasteiger partial charge in [0.1, 0.15) is 6.10 Å². The minimum atomic E-state index is -2.84. The minimum absolute atomic E-state index is 0.263. The molecule has 1 aliphatic carbocycles. The van der Waals surface area contributed by atoms with Crippen molar-refractivity contribution in [3.63, 3.8) is 0 Å². The number of carbonyl (C=O) groups is 1. The van der Waals surface area contributed by atoms with Gasteiger partial charge in [-0.3, -0.25) is 4.79 Å². The molecule has 5 heteroatoms. The summed E-state index contributed by atoms with van der Waals surface area (Å²) in [6.45, 7) is -0.412. The topological polar surface area (TPSA) is 49.3 Å². The highest BCUT2D eigenvalue weighted by Crippen LogP contribution is 2.41. The van der Waals surface area contributed by atoms with E-state index in [2.05, 4.69) is 5.32 Å². The van der Waals surface area contributed by atoms with E-state index in [0.29, 0.717) is 12.8 Å². The number of benzene rings is 1. The van der Waals surface area contributed by atoms with Crippen molar-refractivity contribution in [2.75, 3.05) is 6.54 Å². The molecule has 2 N–H and O–H groups in total. The molecule has 1 unspecified atom stereocenters. The van der Waals surface area contributed by atoms with E-state index in [0.717, 1.165) is 18.4 Å². The summed E-state index contributed by atoms with van der Waals surface area (Å²) < 4.78 is 24.5. The molecular weight excluding hydrogens is 264 g/mol. The van der Waals surface area contributed by atoms with Crippen LogP contribution in [0.3, 0.4) is 0 Å². The largest absolute Gasteiger partial charge is 0.385 e. The Labute approximate surface area is 117 Å². The number of nitrogens with one attached hydrogen (secondary N) is 1. The normalized spacial score (nSPS) is 19.0. The van der Waals surface area contributed by atoms with Crippen molar-refractivity contribution in [1.29, 1.82) is 0 Å². The molecule has 3 nitrogen and oxygen atoms in total. The van der Waals surface area contributed by atoms with Crippen LogP contribution in [0.2, 0.25) is 0 Å². The van der Waals surface area contributed by atoms with E-state index >= 15 is 0 Å². The molecule has 0 aromatic heterocycles. The average Bonchev–Trinajstić information content (AvgIpc) is 2.96. The summed E-state index contributed by atoms with van der Waals surface area (Å²) in [5.41, 5.74) is 0.282. The Morgan fingerprint density at radius 1 is 1.25 bits per heavy atom. The summed E-state index contributed by atoms with van der Waals surface area (Å²) in [7, 11) is 0. The summed E-state index contributed by atoms with van der Waals surface area (Å²) in [6.07, 6.45) is -1.33. The maximum Gasteiger partial charge on any atom is 0.265 e. The van der Waals surface area contributed by atoms with Crippen LogP contribution in [-0.4, -0.2) is 30.1 Å². The lowest BCUT2D eigenvalue weighted by molar-refractivity contribution is -0.127. The van der Waals surface area contributed by atoms with Gasteiger partial charge in [-0.2, -0.15) is 0 Å². The van der Waals surface area contributed by atoms with E-state index in [4.69, 9.17) is 5.11 Å². The van der Waals surface area contributed by atoms with Gasteiger partial charge in [-0.15, -0.1) is 0 Å². The lowest BCUT2D eigenvalue weighted by Gasteiger charge is -2.28. The average molecular weight is 283 g/mol. The Hall–Kier alpha value is -1.49. The second-order valence-electron chi connectivity index (χ2n) is 5.27. The molecule has 1 fully saturated rings. The van der Waals surface area contributed by atoms with Gasteiger partial charge in [0.05, 0.1) is 5.41 Å². The van der Waals surface area contributed by atoms with Gasteiger partial charge in [0.15, 0.2) is 0 Å². The maximum absolute atomic E-state index is 12.4. The predicted molar refractivity (Wildman–Crippen MR) is 71.6 cm³/mol. The number of carbonyl (C=O) groups excluding carboxylic acids is 1. The van der Waals surface area contributed by atoms with E-state index in [-0.39, 0.29) is 5.91 Å². The zero-order valence-electron chi connectivity index (χ0n) is 11.2. The summed E-state index contributed by atoms with van der Waals surface area (Å²) >= 11 is 0. The van der Waals surface area contributed by atoms with E-state index in [1.54, 1.807) is 0 Å². The van der Waals surface area contributed by atoms with Crippen LogP contribution >= 0.6 is 0 Å². The fraction of sp³-hybridized carbons (Fsp3) is 0.533. The van der Waals surface area contributed by atoms with Crippen LogP contribution in [0, 0.1) is 0 Å². The number of rotatable bonds is 5. The number of halogens is 2. The molecule has 0 bridgehead atoms. The van der Waals surface area contributed by atoms with Gasteiger partial charge in [0.25, 0.3) is 6.43 Å². The van der Waals surface area contributed by atoms with Crippen molar-refractivity contribution in [3.8, 4) is 0 Å². The van der Waals surface area contributed by atoms with Crippen LogP contribution in [-0.2, 0) is 10.2 Å². The third kappa shape index (κ3) is 2.98. The molecule has 1 amide bonds. The van der Waals surface area contributed by atoms with Gasteiger partial charge in [-0.25, -0.2) is 8.78 Å². The molecule has 20 heavy (non-hydrogen) atoms. The number of aliphatic hydroxyl groups excluding tert-OH is 1. The molecule has 0 saturated heterocycles. The smallest absolute Gasteiger partial charge is 0.265 e. The summed E-state index contributed by atoms with van der Waals surface area (Å²) in [5.74, 6) is -0.263. The first-order chi connectivity index (χ1) is 9.56. The van der Waals surface area contributed by atoms with Gasteiger partial charge < -0.3 is 10.4 Å². The van der Waals surface area contributed by atoms with Crippen molar-refractivity contribution < 1.29 is 18.7 Å². The van der Waals surface area contributed by atoms with Gasteiger partial charge >= 0.3 is 0 Å². The van der Waals surface area contributed by atoms with Crippen molar-refractivity contribution in [2.24, 2.45) is 0 Å². The van der Waals surface area contributed by atoms with Crippen LogP contribution in [0.15, 0.2) is 30.3 Å². The number of aliphatic hydroxyl groups is 1. The Morgan fingerprint density at radius 2 is 1.85 bits per heavy atom. The fourth-order valence-electron chi connectivity index (χ4n) is 2.84. The van der Waals surface area contributed by atoms with Crippen molar-refractivity contribution >= 4 is 5.91 Å². The molecule has 2 rings (SSSR count). The molecule has 0 heterocycles. The summed E-state index contributed by atoms with van der Waals surface area (Å²) in [4.78, 5) is 12.4. The number of hydrogen-bond acceptors (Lipinski definition) is 2. The Balaban J connectivity index is 2.11. The highest BCUT2D eigenvalue weighted by atomic mass is 19.3. The monoisotopic (exact) mass is 283 g/mol. The van der Waals surface area contributed by atoms with E-state index in [1.807, 2.05) is 30.3 Å². The zero-order valence-corrected chi connectivity index (χ0v) is 11.2. The van der Waals surface area contributed by atoms with Crippen LogP contribution in [0.1, 0.15) is 31.2 Å². The highest BCUT2D eigenvalue weighted by Gasteiger charge is 2.42. The molecule has 0 spiro atoms. The van der Waals surface area contributed by atoms with Crippen molar-refractivity contribution in [3.05, 3.63) is 35.9 Å². The standard InChI is InChI=1S/C15H19F2NO2/c16-13(17)12(19)10-18-14(20)15(8-4-5-9-15)11-6-2-1-3-7-11/h1-3,6-7,12-13,19H,4-5,8-10H2,(H,18,20). The summed E-state index contributed by atoms with van der Waals surface area (Å²) in [6, 6.07) is 9.42. The van der Waals surface area contributed by atoms with E-state index in [9.17, 15) is 13.6 Å². The number of hydrogen-bond donors (Lipinski definition) is 2. The van der Waals surface area contributed by atoms with E-state index < -0.39 is 24.5 Å². The Bertz CT molecular complexity index is 444. The van der Waals surface area contributed by atoms with Crippen molar-refractivity contribution in [2.45, 2.75) is 43.6 Å². The van der Waals surface area contributed by atoms with Crippen LogP contribution < -0.4 is 5.32 Å². The third-order valence-electron chi connectivity index (χ3n) is 3.98. The van der Waals surface area contributed by atoms with Crippen molar-refractivity contribution in [1.82, 2.24) is 5.32 Å². The molecular formula is C15H19F2NO2. The molecule has 110 valence electrons. The van der Waals surface area contributed by atoms with Gasteiger partial charge in [-0.05, 0) is 18.4 Å². The van der Waals surface area contributed by atoms with Crippen LogP contribution in [0.25, 0.3) is 0 Å². The first kappa shape index (κ1) is 14.9. The molecule has 1 atom stereocenters. The SMILES string of the molecule is O=C(NCC(O)C(F)F)C1(c2ccccc2)CCCC1. The second-order valence-corrected chi connectivity index (χ2v) is 5.27. The molecule has 0 aliphatic heterocycles.